The van der Waals surface area contributed by atoms with Crippen LogP contribution in [0.25, 0.3) is 0 Å². The minimum atomic E-state index is -0.947. The molecule has 0 atom stereocenters. The van der Waals surface area contributed by atoms with Crippen LogP contribution in [0.1, 0.15) is 44.1 Å². The van der Waals surface area contributed by atoms with Crippen LogP contribution in [0.3, 0.4) is 0 Å². The largest absolute Gasteiger partial charge is 0.481 e. The van der Waals surface area contributed by atoms with E-state index >= 15 is 0 Å². The van der Waals surface area contributed by atoms with Crippen molar-refractivity contribution in [2.45, 2.75) is 45.1 Å². The second-order valence-corrected chi connectivity index (χ2v) is 5.69. The number of benzene rings is 1. The molecule has 2 N–H and O–H groups in total. The van der Waals surface area contributed by atoms with E-state index in [0.717, 1.165) is 19.3 Å². The van der Waals surface area contributed by atoms with Crippen molar-refractivity contribution in [3.8, 4) is 0 Å². The number of carbonyl (C=O) groups is 2. The number of amides is 1. The SMILES string of the molecule is O=C(CC1(C(=O)O)CCCCC1)NCc1ccccc1F. The van der Waals surface area contributed by atoms with Gasteiger partial charge < -0.3 is 10.4 Å². The first-order valence-corrected chi connectivity index (χ1v) is 7.27. The van der Waals surface area contributed by atoms with Crippen LogP contribution in [-0.2, 0) is 16.1 Å². The molecule has 1 fully saturated rings. The lowest BCUT2D eigenvalue weighted by Crippen LogP contribution is -2.39. The van der Waals surface area contributed by atoms with Gasteiger partial charge in [-0.25, -0.2) is 4.39 Å². The molecule has 0 unspecified atom stereocenters. The first-order chi connectivity index (χ1) is 10.0. The molecule has 0 spiro atoms. The zero-order chi connectivity index (χ0) is 15.3. The summed E-state index contributed by atoms with van der Waals surface area (Å²) in [7, 11) is 0. The average molecular weight is 293 g/mol. The number of hydrogen-bond acceptors (Lipinski definition) is 2. The van der Waals surface area contributed by atoms with E-state index < -0.39 is 11.4 Å². The molecule has 0 radical (unpaired) electrons. The maximum atomic E-state index is 13.5. The van der Waals surface area contributed by atoms with E-state index in [-0.39, 0.29) is 24.7 Å². The zero-order valence-corrected chi connectivity index (χ0v) is 11.9. The number of carboxylic acid groups (broad SMARTS) is 1. The van der Waals surface area contributed by atoms with Crippen molar-refractivity contribution in [2.75, 3.05) is 0 Å². The van der Waals surface area contributed by atoms with Gasteiger partial charge in [-0.05, 0) is 18.9 Å². The molecule has 0 saturated heterocycles. The highest BCUT2D eigenvalue weighted by Gasteiger charge is 2.41. The summed E-state index contributed by atoms with van der Waals surface area (Å²) < 4.78 is 13.5. The Kier molecular flexibility index (Phi) is 4.94. The van der Waals surface area contributed by atoms with E-state index in [0.29, 0.717) is 18.4 Å². The van der Waals surface area contributed by atoms with Crippen LogP contribution in [0.4, 0.5) is 4.39 Å². The van der Waals surface area contributed by atoms with Gasteiger partial charge >= 0.3 is 5.97 Å². The number of carboxylic acids is 1. The summed E-state index contributed by atoms with van der Waals surface area (Å²) in [5.74, 6) is -1.60. The molecule has 1 saturated carbocycles. The minimum absolute atomic E-state index is 0.0310. The first kappa shape index (κ1) is 15.5. The molecule has 0 aromatic heterocycles. The van der Waals surface area contributed by atoms with Gasteiger partial charge in [-0.15, -0.1) is 0 Å². The van der Waals surface area contributed by atoms with Crippen molar-refractivity contribution in [3.05, 3.63) is 35.6 Å². The molecule has 1 amide bonds. The van der Waals surface area contributed by atoms with Gasteiger partial charge in [-0.2, -0.15) is 0 Å². The second kappa shape index (κ2) is 6.70. The van der Waals surface area contributed by atoms with Crippen molar-refractivity contribution < 1.29 is 19.1 Å². The number of rotatable bonds is 5. The van der Waals surface area contributed by atoms with Gasteiger partial charge in [0.15, 0.2) is 0 Å². The lowest BCUT2D eigenvalue weighted by atomic mass is 9.71. The first-order valence-electron chi connectivity index (χ1n) is 7.27. The molecular formula is C16H20FNO3. The van der Waals surface area contributed by atoms with E-state index in [9.17, 15) is 19.1 Å². The van der Waals surface area contributed by atoms with E-state index in [4.69, 9.17) is 0 Å². The Morgan fingerprint density at radius 3 is 2.48 bits per heavy atom. The van der Waals surface area contributed by atoms with Crippen LogP contribution in [-0.4, -0.2) is 17.0 Å². The quantitative estimate of drug-likeness (QED) is 0.877. The van der Waals surface area contributed by atoms with E-state index in [2.05, 4.69) is 5.32 Å². The van der Waals surface area contributed by atoms with Crippen LogP contribution in [0, 0.1) is 11.2 Å². The highest BCUT2D eigenvalue weighted by atomic mass is 19.1. The van der Waals surface area contributed by atoms with Crippen LogP contribution >= 0.6 is 0 Å². The lowest BCUT2D eigenvalue weighted by molar-refractivity contribution is -0.154. The third-order valence-corrected chi connectivity index (χ3v) is 4.20. The average Bonchev–Trinajstić information content (AvgIpc) is 2.47. The Labute approximate surface area is 123 Å². The van der Waals surface area contributed by atoms with Gasteiger partial charge in [-0.3, -0.25) is 9.59 Å². The number of nitrogens with one attached hydrogen (secondary N) is 1. The van der Waals surface area contributed by atoms with E-state index in [1.807, 2.05) is 0 Å². The summed E-state index contributed by atoms with van der Waals surface area (Å²) >= 11 is 0. The van der Waals surface area contributed by atoms with Crippen molar-refractivity contribution in [2.24, 2.45) is 5.41 Å². The zero-order valence-electron chi connectivity index (χ0n) is 11.9. The molecule has 2 rings (SSSR count). The molecule has 1 aromatic rings. The Morgan fingerprint density at radius 1 is 1.19 bits per heavy atom. The van der Waals surface area contributed by atoms with Gasteiger partial charge in [0.25, 0.3) is 0 Å². The van der Waals surface area contributed by atoms with Crippen molar-refractivity contribution in [3.63, 3.8) is 0 Å². The van der Waals surface area contributed by atoms with E-state index in [1.54, 1.807) is 18.2 Å². The lowest BCUT2D eigenvalue weighted by Gasteiger charge is -2.32. The third-order valence-electron chi connectivity index (χ3n) is 4.20. The molecule has 1 aliphatic rings. The highest BCUT2D eigenvalue weighted by molar-refractivity contribution is 5.85. The van der Waals surface area contributed by atoms with Crippen LogP contribution in [0.2, 0.25) is 0 Å². The normalized spacial score (nSPS) is 17.2. The molecule has 21 heavy (non-hydrogen) atoms. The molecule has 114 valence electrons. The molecule has 4 nitrogen and oxygen atoms in total. The molecule has 0 bridgehead atoms. The second-order valence-electron chi connectivity index (χ2n) is 5.69. The van der Waals surface area contributed by atoms with Gasteiger partial charge in [0.2, 0.25) is 5.91 Å². The molecule has 1 aromatic carbocycles. The predicted octanol–water partition coefficient (Wildman–Crippen LogP) is 2.87. The molecule has 5 heteroatoms. The fraction of sp³-hybridized carbons (Fsp3) is 0.500. The summed E-state index contributed by atoms with van der Waals surface area (Å²) in [6, 6.07) is 6.22. The molecule has 0 aliphatic heterocycles. The fourth-order valence-corrected chi connectivity index (χ4v) is 2.90. The maximum Gasteiger partial charge on any atom is 0.310 e. The molecule has 0 heterocycles. The standard InChI is InChI=1S/C16H20FNO3/c17-13-7-3-2-6-12(13)11-18-14(19)10-16(15(20)21)8-4-1-5-9-16/h2-3,6-7H,1,4-5,8-11H2,(H,18,19)(H,20,21). The summed E-state index contributed by atoms with van der Waals surface area (Å²) in [4.78, 5) is 23.5. The Hall–Kier alpha value is -1.91. The van der Waals surface area contributed by atoms with Crippen LogP contribution < -0.4 is 5.32 Å². The summed E-state index contributed by atoms with van der Waals surface area (Å²) in [5, 5.41) is 12.1. The third kappa shape index (κ3) is 3.80. The van der Waals surface area contributed by atoms with Gasteiger partial charge in [0.1, 0.15) is 5.82 Å². The Balaban J connectivity index is 1.94. The number of hydrogen-bond donors (Lipinski definition) is 2. The van der Waals surface area contributed by atoms with Crippen LogP contribution in [0.15, 0.2) is 24.3 Å². The van der Waals surface area contributed by atoms with Gasteiger partial charge in [0.05, 0.1) is 5.41 Å². The van der Waals surface area contributed by atoms with Crippen molar-refractivity contribution in [1.82, 2.24) is 5.32 Å². The smallest absolute Gasteiger partial charge is 0.310 e. The van der Waals surface area contributed by atoms with Gasteiger partial charge in [0, 0.05) is 18.5 Å². The Bertz CT molecular complexity index is 524. The highest BCUT2D eigenvalue weighted by Crippen LogP contribution is 2.39. The number of aliphatic carboxylic acids is 1. The topological polar surface area (TPSA) is 66.4 Å². The van der Waals surface area contributed by atoms with Crippen molar-refractivity contribution in [1.29, 1.82) is 0 Å². The molecular weight excluding hydrogens is 273 g/mol. The van der Waals surface area contributed by atoms with E-state index in [1.165, 1.54) is 6.07 Å². The fourth-order valence-electron chi connectivity index (χ4n) is 2.90. The summed E-state index contributed by atoms with van der Waals surface area (Å²) in [6.07, 6.45) is 3.74. The minimum Gasteiger partial charge on any atom is -0.481 e. The van der Waals surface area contributed by atoms with Crippen LogP contribution in [0.5, 0.6) is 0 Å². The number of halogens is 1. The maximum absolute atomic E-state index is 13.5. The van der Waals surface area contributed by atoms with Gasteiger partial charge in [-0.1, -0.05) is 37.5 Å². The predicted molar refractivity (Wildman–Crippen MR) is 76.0 cm³/mol. The summed E-state index contributed by atoms with van der Waals surface area (Å²) in [6.45, 7) is 0.0845. The summed E-state index contributed by atoms with van der Waals surface area (Å²) in [5.41, 5.74) is -0.545. The molecule has 1 aliphatic carbocycles. The Morgan fingerprint density at radius 2 is 1.86 bits per heavy atom. The number of carbonyl (C=O) groups excluding carboxylic acids is 1. The monoisotopic (exact) mass is 293 g/mol. The van der Waals surface area contributed by atoms with Crippen molar-refractivity contribution >= 4 is 11.9 Å².